The molecule has 0 unspecified atom stereocenters. The number of hydrogen-bond acceptors (Lipinski definition) is 5. The number of halogens is 5. The van der Waals surface area contributed by atoms with Crippen molar-refractivity contribution in [3.63, 3.8) is 0 Å². The molecule has 0 saturated carbocycles. The van der Waals surface area contributed by atoms with Crippen molar-refractivity contribution in [2.24, 2.45) is 0 Å². The number of hydrogen-bond donors (Lipinski definition) is 1. The number of rotatable bonds is 7. The summed E-state index contributed by atoms with van der Waals surface area (Å²) in [5.74, 6) is -0.556. The number of nitrogens with one attached hydrogen (secondary N) is 1. The van der Waals surface area contributed by atoms with Gasteiger partial charge in [0.05, 0.1) is 15.4 Å². The number of alkyl halides is 3. The van der Waals surface area contributed by atoms with Crippen LogP contribution in [0.1, 0.15) is 17.5 Å². The Labute approximate surface area is 160 Å². The molecule has 150 valence electrons. The van der Waals surface area contributed by atoms with Crippen molar-refractivity contribution in [2.45, 2.75) is 19.0 Å². The molecule has 0 spiro atoms. The molecule has 7 nitrogen and oxygen atoms in total. The minimum atomic E-state index is -4.99. The molecular formula is C16H12ClF4N3O4. The van der Waals surface area contributed by atoms with E-state index in [1.807, 2.05) is 0 Å². The van der Waals surface area contributed by atoms with Gasteiger partial charge in [0.1, 0.15) is 5.82 Å². The van der Waals surface area contributed by atoms with Crippen molar-refractivity contribution >= 4 is 28.7 Å². The van der Waals surface area contributed by atoms with Crippen molar-refractivity contribution in [1.29, 1.82) is 0 Å². The molecule has 0 bridgehead atoms. The Kier molecular flexibility index (Phi) is 6.39. The van der Waals surface area contributed by atoms with Gasteiger partial charge in [0.15, 0.2) is 5.69 Å². The topological polar surface area (TPSA) is 98.3 Å². The van der Waals surface area contributed by atoms with E-state index in [9.17, 15) is 37.8 Å². The zero-order chi connectivity index (χ0) is 21.1. The molecule has 0 fully saturated rings. The molecule has 0 aromatic heterocycles. The van der Waals surface area contributed by atoms with E-state index in [0.717, 1.165) is 0 Å². The van der Waals surface area contributed by atoms with E-state index in [2.05, 4.69) is 5.32 Å². The third kappa shape index (κ3) is 4.85. The zero-order valence-electron chi connectivity index (χ0n) is 13.9. The van der Waals surface area contributed by atoms with Crippen LogP contribution in [0.4, 0.5) is 34.6 Å². The van der Waals surface area contributed by atoms with E-state index >= 15 is 0 Å². The molecule has 12 heteroatoms. The lowest BCUT2D eigenvalue weighted by Crippen LogP contribution is -2.12. The Balaban J connectivity index is 2.26. The molecule has 2 rings (SSSR count). The van der Waals surface area contributed by atoms with Crippen LogP contribution in [0, 0.1) is 26.0 Å². The number of benzene rings is 2. The Morgan fingerprint density at radius 3 is 2.11 bits per heavy atom. The maximum absolute atomic E-state index is 13.7. The maximum atomic E-state index is 13.7. The fourth-order valence-electron chi connectivity index (χ4n) is 2.49. The minimum absolute atomic E-state index is 0.0995. The van der Waals surface area contributed by atoms with Gasteiger partial charge in [-0.2, -0.15) is 13.2 Å². The maximum Gasteiger partial charge on any atom is 0.416 e. The number of nitrogens with zero attached hydrogens (tertiary/aromatic N) is 2. The summed E-state index contributed by atoms with van der Waals surface area (Å²) in [7, 11) is 0. The molecule has 0 aliphatic heterocycles. The first-order valence-electron chi connectivity index (χ1n) is 7.73. The lowest BCUT2D eigenvalue weighted by Gasteiger charge is -2.12. The molecule has 0 atom stereocenters. The SMILES string of the molecule is O=[N+]([O-])c1cc(C(F)(F)F)cc([N+](=O)[O-])c1NCCCc1c(F)cccc1Cl. The summed E-state index contributed by atoms with van der Waals surface area (Å²) in [5.41, 5.74) is -4.12. The summed E-state index contributed by atoms with van der Waals surface area (Å²) in [6.45, 7) is -0.0995. The average molecular weight is 422 g/mol. The van der Waals surface area contributed by atoms with E-state index in [-0.39, 0.29) is 42.1 Å². The quantitative estimate of drug-likeness (QED) is 0.281. The van der Waals surface area contributed by atoms with Gasteiger partial charge in [-0.3, -0.25) is 20.2 Å². The van der Waals surface area contributed by atoms with Crippen molar-refractivity contribution in [2.75, 3.05) is 11.9 Å². The molecule has 0 aliphatic rings. The van der Waals surface area contributed by atoms with Crippen LogP contribution in [0.5, 0.6) is 0 Å². The van der Waals surface area contributed by atoms with E-state index in [1.54, 1.807) is 0 Å². The fraction of sp³-hybridized carbons (Fsp3) is 0.250. The van der Waals surface area contributed by atoms with Gasteiger partial charge in [-0.15, -0.1) is 0 Å². The van der Waals surface area contributed by atoms with Crippen LogP contribution in [0.3, 0.4) is 0 Å². The van der Waals surface area contributed by atoms with Crippen LogP contribution >= 0.6 is 11.6 Å². The second-order valence-corrected chi connectivity index (χ2v) is 6.04. The highest BCUT2D eigenvalue weighted by Gasteiger charge is 2.37. The van der Waals surface area contributed by atoms with Crippen LogP contribution in [-0.4, -0.2) is 16.4 Å². The second kappa shape index (κ2) is 8.38. The number of nitro groups is 2. The molecule has 0 radical (unpaired) electrons. The summed E-state index contributed by atoms with van der Waals surface area (Å²) in [6, 6.07) is 4.53. The predicted molar refractivity (Wildman–Crippen MR) is 93.0 cm³/mol. The predicted octanol–water partition coefficient (Wildman–Crippen LogP) is 5.36. The normalized spacial score (nSPS) is 11.3. The van der Waals surface area contributed by atoms with Gasteiger partial charge in [0, 0.05) is 29.3 Å². The highest BCUT2D eigenvalue weighted by Crippen LogP contribution is 2.41. The largest absolute Gasteiger partial charge is 0.416 e. The summed E-state index contributed by atoms with van der Waals surface area (Å²) in [5, 5.41) is 24.8. The number of nitro benzene ring substituents is 2. The standard InChI is InChI=1S/C16H12ClF4N3O4/c17-11-4-1-5-12(18)10(11)3-2-6-22-15-13(23(25)26)7-9(16(19,20)21)8-14(15)24(27)28/h1,4-5,7-8,22H,2-3,6H2. The van der Waals surface area contributed by atoms with E-state index < -0.39 is 44.5 Å². The van der Waals surface area contributed by atoms with Crippen LogP contribution in [0.2, 0.25) is 5.02 Å². The molecular weight excluding hydrogens is 410 g/mol. The first kappa shape index (κ1) is 21.4. The molecule has 1 N–H and O–H groups in total. The van der Waals surface area contributed by atoms with Gasteiger partial charge in [-0.1, -0.05) is 17.7 Å². The highest BCUT2D eigenvalue weighted by atomic mass is 35.5. The fourth-order valence-corrected chi connectivity index (χ4v) is 2.75. The molecule has 2 aromatic rings. The Hall–Kier alpha value is -2.95. The minimum Gasteiger partial charge on any atom is -0.374 e. The van der Waals surface area contributed by atoms with Crippen molar-refractivity contribution in [1.82, 2.24) is 0 Å². The smallest absolute Gasteiger partial charge is 0.374 e. The lowest BCUT2D eigenvalue weighted by molar-refractivity contribution is -0.392. The Morgan fingerprint density at radius 1 is 1.07 bits per heavy atom. The van der Waals surface area contributed by atoms with Crippen LogP contribution in [-0.2, 0) is 12.6 Å². The Bertz CT molecular complexity index is 866. The monoisotopic (exact) mass is 421 g/mol. The van der Waals surface area contributed by atoms with E-state index in [0.29, 0.717) is 0 Å². The molecule has 0 amide bonds. The van der Waals surface area contributed by atoms with Crippen molar-refractivity contribution in [3.8, 4) is 0 Å². The van der Waals surface area contributed by atoms with Crippen LogP contribution in [0.15, 0.2) is 30.3 Å². The second-order valence-electron chi connectivity index (χ2n) is 5.63. The molecule has 0 heterocycles. The van der Waals surface area contributed by atoms with Gasteiger partial charge in [0.2, 0.25) is 0 Å². The van der Waals surface area contributed by atoms with E-state index in [4.69, 9.17) is 11.6 Å². The average Bonchev–Trinajstić information content (AvgIpc) is 2.59. The first-order valence-corrected chi connectivity index (χ1v) is 8.11. The number of anilines is 1. The van der Waals surface area contributed by atoms with Crippen molar-refractivity contribution in [3.05, 3.63) is 72.5 Å². The molecule has 2 aromatic carbocycles. The van der Waals surface area contributed by atoms with Gasteiger partial charge in [0.25, 0.3) is 11.4 Å². The summed E-state index contributed by atoms with van der Waals surface area (Å²) in [6.07, 6.45) is -4.72. The molecule has 28 heavy (non-hydrogen) atoms. The van der Waals surface area contributed by atoms with Crippen LogP contribution in [0.25, 0.3) is 0 Å². The Morgan fingerprint density at radius 2 is 1.64 bits per heavy atom. The molecule has 0 saturated heterocycles. The summed E-state index contributed by atoms with van der Waals surface area (Å²) in [4.78, 5) is 20.0. The van der Waals surface area contributed by atoms with E-state index in [1.165, 1.54) is 18.2 Å². The first-order chi connectivity index (χ1) is 13.0. The zero-order valence-corrected chi connectivity index (χ0v) is 14.7. The van der Waals surface area contributed by atoms with Gasteiger partial charge < -0.3 is 5.32 Å². The lowest BCUT2D eigenvalue weighted by atomic mass is 10.1. The van der Waals surface area contributed by atoms with Crippen molar-refractivity contribution < 1.29 is 27.4 Å². The van der Waals surface area contributed by atoms with Gasteiger partial charge in [-0.25, -0.2) is 4.39 Å². The third-order valence-electron chi connectivity index (χ3n) is 3.78. The molecule has 0 aliphatic carbocycles. The van der Waals surface area contributed by atoms with Gasteiger partial charge in [-0.05, 0) is 25.0 Å². The summed E-state index contributed by atoms with van der Waals surface area (Å²) >= 11 is 5.87. The summed E-state index contributed by atoms with van der Waals surface area (Å²) < 4.78 is 52.3. The highest BCUT2D eigenvalue weighted by molar-refractivity contribution is 6.31. The third-order valence-corrected chi connectivity index (χ3v) is 4.14. The van der Waals surface area contributed by atoms with Crippen LogP contribution < -0.4 is 5.32 Å². The van der Waals surface area contributed by atoms with Gasteiger partial charge >= 0.3 is 6.18 Å².